The van der Waals surface area contributed by atoms with Crippen LogP contribution in [-0.4, -0.2) is 28.0 Å². The number of nitro groups is 1. The minimum absolute atomic E-state index is 0.0590. The number of rotatable bonds is 7. The number of thiocarbonyl (C=S) groups is 1. The van der Waals surface area contributed by atoms with Crippen molar-refractivity contribution in [3.63, 3.8) is 0 Å². The molecule has 1 amide bonds. The summed E-state index contributed by atoms with van der Waals surface area (Å²) in [6, 6.07) is 10.1. The number of nitrogens with zero attached hydrogens (tertiary/aromatic N) is 2. The molecule has 10 heteroatoms. The average Bonchev–Trinajstić information content (AvgIpc) is 3.12. The summed E-state index contributed by atoms with van der Waals surface area (Å²) in [4.78, 5) is 27.4. The molecule has 2 N–H and O–H groups in total. The SMILES string of the molecule is CCCCc1ccc2nc(NC(=S)NC(=O)c3ccc(OC)c([N+](=O)[O-])c3)sc2c1. The lowest BCUT2D eigenvalue weighted by Crippen LogP contribution is -2.34. The fourth-order valence-electron chi connectivity index (χ4n) is 2.84. The second-order valence-corrected chi connectivity index (χ2v) is 7.92. The van der Waals surface area contributed by atoms with Crippen molar-refractivity contribution < 1.29 is 14.5 Å². The Hall–Kier alpha value is -3.11. The van der Waals surface area contributed by atoms with E-state index < -0.39 is 10.8 Å². The predicted molar refractivity (Wildman–Crippen MR) is 122 cm³/mol. The molecule has 0 aliphatic heterocycles. The summed E-state index contributed by atoms with van der Waals surface area (Å²) in [5, 5.41) is 17.2. The van der Waals surface area contributed by atoms with E-state index >= 15 is 0 Å². The number of ether oxygens (including phenoxy) is 1. The van der Waals surface area contributed by atoms with Crippen LogP contribution in [0, 0.1) is 10.1 Å². The number of benzene rings is 2. The van der Waals surface area contributed by atoms with Crippen molar-refractivity contribution >= 4 is 55.6 Å². The minimum atomic E-state index is -0.609. The molecule has 0 saturated carbocycles. The number of nitro benzene ring substituents is 1. The lowest BCUT2D eigenvalue weighted by molar-refractivity contribution is -0.385. The Morgan fingerprint density at radius 3 is 2.80 bits per heavy atom. The number of hydrogen-bond acceptors (Lipinski definition) is 7. The predicted octanol–water partition coefficient (Wildman–Crippen LogP) is 4.68. The molecular weight excluding hydrogens is 424 g/mol. The van der Waals surface area contributed by atoms with Crippen LogP contribution in [0.1, 0.15) is 35.7 Å². The van der Waals surface area contributed by atoms with Crippen molar-refractivity contribution in [2.24, 2.45) is 0 Å². The average molecular weight is 445 g/mol. The van der Waals surface area contributed by atoms with Gasteiger partial charge in [-0.2, -0.15) is 0 Å². The third kappa shape index (κ3) is 5.08. The molecule has 3 rings (SSSR count). The van der Waals surface area contributed by atoms with Gasteiger partial charge in [0.25, 0.3) is 5.91 Å². The zero-order valence-corrected chi connectivity index (χ0v) is 18.1. The Labute approximate surface area is 182 Å². The van der Waals surface area contributed by atoms with Gasteiger partial charge < -0.3 is 10.1 Å². The van der Waals surface area contributed by atoms with Crippen LogP contribution in [0.25, 0.3) is 10.2 Å². The number of thiazole rings is 1. The number of aromatic nitrogens is 1. The molecule has 8 nitrogen and oxygen atoms in total. The standard InChI is InChI=1S/C20H20N4O4S2/c1-3-4-5-12-6-8-14-17(10-12)30-20(21-14)23-19(29)22-18(25)13-7-9-16(28-2)15(11-13)24(26)27/h6-11H,3-5H2,1-2H3,(H2,21,22,23,25,29). The lowest BCUT2D eigenvalue weighted by Gasteiger charge is -2.08. The molecule has 1 heterocycles. The highest BCUT2D eigenvalue weighted by molar-refractivity contribution is 7.80. The highest BCUT2D eigenvalue weighted by Crippen LogP contribution is 2.28. The maximum absolute atomic E-state index is 12.4. The maximum Gasteiger partial charge on any atom is 0.311 e. The highest BCUT2D eigenvalue weighted by Gasteiger charge is 2.19. The molecule has 3 aromatic rings. The molecule has 0 fully saturated rings. The first-order valence-corrected chi connectivity index (χ1v) is 10.5. The monoisotopic (exact) mass is 444 g/mol. The molecule has 156 valence electrons. The van der Waals surface area contributed by atoms with Crippen molar-refractivity contribution in [3.8, 4) is 5.75 Å². The van der Waals surface area contributed by atoms with E-state index in [1.807, 2.05) is 6.07 Å². The Morgan fingerprint density at radius 2 is 2.10 bits per heavy atom. The normalized spacial score (nSPS) is 10.6. The van der Waals surface area contributed by atoms with Crippen LogP contribution in [0.4, 0.5) is 10.8 Å². The van der Waals surface area contributed by atoms with Crippen LogP contribution in [0.2, 0.25) is 0 Å². The smallest absolute Gasteiger partial charge is 0.311 e. The summed E-state index contributed by atoms with van der Waals surface area (Å²) in [7, 11) is 1.33. The molecule has 0 bridgehead atoms. The van der Waals surface area contributed by atoms with E-state index in [4.69, 9.17) is 17.0 Å². The number of anilines is 1. The van der Waals surface area contributed by atoms with Crippen LogP contribution in [0.5, 0.6) is 5.75 Å². The van der Waals surface area contributed by atoms with Gasteiger partial charge in [-0.25, -0.2) is 4.98 Å². The summed E-state index contributed by atoms with van der Waals surface area (Å²) in [6.45, 7) is 2.16. The number of nitrogens with one attached hydrogen (secondary N) is 2. The van der Waals surface area contributed by atoms with E-state index in [1.54, 1.807) is 0 Å². The number of aryl methyl sites for hydroxylation is 1. The molecule has 2 aromatic carbocycles. The van der Waals surface area contributed by atoms with Crippen LogP contribution >= 0.6 is 23.6 Å². The Morgan fingerprint density at radius 1 is 1.30 bits per heavy atom. The number of hydrogen-bond donors (Lipinski definition) is 2. The van der Waals surface area contributed by atoms with Crippen molar-refractivity contribution in [3.05, 3.63) is 57.6 Å². The first-order valence-electron chi connectivity index (χ1n) is 9.25. The number of amides is 1. The first kappa shape index (κ1) is 21.6. The van der Waals surface area contributed by atoms with Gasteiger partial charge in [-0.3, -0.25) is 20.2 Å². The third-order valence-corrected chi connectivity index (χ3v) is 5.49. The largest absolute Gasteiger partial charge is 0.490 e. The molecule has 0 unspecified atom stereocenters. The molecule has 1 aromatic heterocycles. The van der Waals surface area contributed by atoms with Gasteiger partial charge >= 0.3 is 5.69 Å². The molecule has 0 aliphatic rings. The fraction of sp³-hybridized carbons (Fsp3) is 0.250. The third-order valence-electron chi connectivity index (χ3n) is 4.36. The van der Waals surface area contributed by atoms with Crippen LogP contribution in [-0.2, 0) is 6.42 Å². The van der Waals surface area contributed by atoms with Crippen molar-refractivity contribution in [1.82, 2.24) is 10.3 Å². The highest BCUT2D eigenvalue weighted by atomic mass is 32.1. The van der Waals surface area contributed by atoms with Gasteiger partial charge in [-0.05, 0) is 54.9 Å². The van der Waals surface area contributed by atoms with Gasteiger partial charge in [0.15, 0.2) is 16.0 Å². The van der Waals surface area contributed by atoms with E-state index in [2.05, 4.69) is 34.7 Å². The van der Waals surface area contributed by atoms with Crippen LogP contribution in [0.15, 0.2) is 36.4 Å². The van der Waals surface area contributed by atoms with E-state index in [0.29, 0.717) is 5.13 Å². The zero-order valence-electron chi connectivity index (χ0n) is 16.4. The summed E-state index contributed by atoms with van der Waals surface area (Å²) in [6.07, 6.45) is 3.30. The summed E-state index contributed by atoms with van der Waals surface area (Å²) in [5.74, 6) is -0.494. The molecule has 0 radical (unpaired) electrons. The molecular formula is C20H20N4O4S2. The van der Waals surface area contributed by atoms with Crippen molar-refractivity contribution in [2.45, 2.75) is 26.2 Å². The van der Waals surface area contributed by atoms with E-state index in [-0.39, 0.29) is 22.1 Å². The van der Waals surface area contributed by atoms with Crippen molar-refractivity contribution in [2.75, 3.05) is 12.4 Å². The molecule has 0 spiro atoms. The molecule has 0 saturated heterocycles. The minimum Gasteiger partial charge on any atom is -0.490 e. The maximum atomic E-state index is 12.4. The quantitative estimate of drug-likeness (QED) is 0.309. The van der Waals surface area contributed by atoms with Gasteiger partial charge in [0.2, 0.25) is 0 Å². The topological polar surface area (TPSA) is 106 Å². The number of methoxy groups -OCH3 is 1. The molecule has 0 atom stereocenters. The summed E-state index contributed by atoms with van der Waals surface area (Å²) >= 11 is 6.64. The molecule has 0 aliphatic carbocycles. The number of unbranched alkanes of at least 4 members (excludes halogenated alkanes) is 1. The van der Waals surface area contributed by atoms with Gasteiger partial charge in [0.1, 0.15) is 0 Å². The van der Waals surface area contributed by atoms with Crippen LogP contribution < -0.4 is 15.4 Å². The summed E-state index contributed by atoms with van der Waals surface area (Å²) in [5.41, 5.74) is 1.91. The number of carbonyl (C=O) groups is 1. The Kier molecular flexibility index (Phi) is 6.91. The summed E-state index contributed by atoms with van der Waals surface area (Å²) < 4.78 is 5.98. The number of carbonyl (C=O) groups excluding carboxylic acids is 1. The number of fused-ring (bicyclic) bond motifs is 1. The molecule has 30 heavy (non-hydrogen) atoms. The van der Waals surface area contributed by atoms with Gasteiger partial charge in [0.05, 0.1) is 22.2 Å². The van der Waals surface area contributed by atoms with E-state index in [1.165, 1.54) is 36.1 Å². The van der Waals surface area contributed by atoms with Gasteiger partial charge in [-0.15, -0.1) is 0 Å². The Balaban J connectivity index is 1.68. The van der Waals surface area contributed by atoms with Gasteiger partial charge in [0, 0.05) is 11.6 Å². The second-order valence-electron chi connectivity index (χ2n) is 6.48. The second kappa shape index (κ2) is 9.59. The Bertz CT molecular complexity index is 1110. The zero-order chi connectivity index (χ0) is 21.7. The first-order chi connectivity index (χ1) is 14.4. The van der Waals surface area contributed by atoms with Crippen molar-refractivity contribution in [1.29, 1.82) is 0 Å². The van der Waals surface area contributed by atoms with E-state index in [0.717, 1.165) is 35.5 Å². The fourth-order valence-corrected chi connectivity index (χ4v) is 4.02. The van der Waals surface area contributed by atoms with Gasteiger partial charge in [-0.1, -0.05) is 30.7 Å². The van der Waals surface area contributed by atoms with E-state index in [9.17, 15) is 14.9 Å². The van der Waals surface area contributed by atoms with Crippen LogP contribution in [0.3, 0.4) is 0 Å². The lowest BCUT2D eigenvalue weighted by atomic mass is 10.1.